The van der Waals surface area contributed by atoms with E-state index in [-0.39, 0.29) is 11.5 Å². The Bertz CT molecular complexity index is 485. The van der Waals surface area contributed by atoms with E-state index in [0.29, 0.717) is 13.2 Å². The highest BCUT2D eigenvalue weighted by Crippen LogP contribution is 2.53. The summed E-state index contributed by atoms with van der Waals surface area (Å²) in [4.78, 5) is 0. The number of hydrogen-bond donors (Lipinski definition) is 1. The molecule has 1 atom stereocenters. The second kappa shape index (κ2) is 3.53. The molecule has 3 nitrogen and oxygen atoms in total. The summed E-state index contributed by atoms with van der Waals surface area (Å²) in [6.45, 7) is 5.48. The van der Waals surface area contributed by atoms with Crippen LogP contribution < -0.4 is 15.2 Å². The standard InChI is InChI=1S/C13H16ClNO2/c1-13(2)6-8(15)10-11(13)7(14)5-9-12(10)17-4-3-16-9/h5,8H,3-4,6,15H2,1-2H3. The van der Waals surface area contributed by atoms with Gasteiger partial charge in [0.25, 0.3) is 0 Å². The quantitative estimate of drug-likeness (QED) is 0.773. The van der Waals surface area contributed by atoms with Crippen LogP contribution in [0, 0.1) is 0 Å². The lowest BCUT2D eigenvalue weighted by molar-refractivity contribution is 0.169. The van der Waals surface area contributed by atoms with Gasteiger partial charge in [-0.25, -0.2) is 0 Å². The zero-order valence-electron chi connectivity index (χ0n) is 10.0. The first-order valence-corrected chi connectivity index (χ1v) is 6.26. The van der Waals surface area contributed by atoms with Gasteiger partial charge in [0.2, 0.25) is 0 Å². The van der Waals surface area contributed by atoms with Crippen LogP contribution in [0.3, 0.4) is 0 Å². The SMILES string of the molecule is CC1(C)CC(N)c2c3c(cc(Cl)c21)OCCO3. The van der Waals surface area contributed by atoms with Crippen LogP contribution in [0.25, 0.3) is 0 Å². The molecule has 0 saturated heterocycles. The van der Waals surface area contributed by atoms with Crippen molar-refractivity contribution in [3.63, 3.8) is 0 Å². The van der Waals surface area contributed by atoms with E-state index in [1.807, 2.05) is 6.07 Å². The lowest BCUT2D eigenvalue weighted by Gasteiger charge is -2.25. The molecule has 2 aliphatic rings. The summed E-state index contributed by atoms with van der Waals surface area (Å²) in [7, 11) is 0. The molecule has 4 heteroatoms. The highest BCUT2D eigenvalue weighted by Gasteiger charge is 2.41. The fourth-order valence-electron chi connectivity index (χ4n) is 2.97. The molecule has 1 aromatic rings. The lowest BCUT2D eigenvalue weighted by Crippen LogP contribution is -2.18. The van der Waals surface area contributed by atoms with Crippen molar-refractivity contribution in [2.45, 2.75) is 31.7 Å². The minimum Gasteiger partial charge on any atom is -0.486 e. The zero-order valence-corrected chi connectivity index (χ0v) is 10.8. The van der Waals surface area contributed by atoms with Gasteiger partial charge in [0, 0.05) is 22.7 Å². The summed E-state index contributed by atoms with van der Waals surface area (Å²) in [6.07, 6.45) is 0.891. The van der Waals surface area contributed by atoms with Crippen LogP contribution in [-0.4, -0.2) is 13.2 Å². The summed E-state index contributed by atoms with van der Waals surface area (Å²) in [5.74, 6) is 1.53. The summed E-state index contributed by atoms with van der Waals surface area (Å²) in [5, 5.41) is 0.738. The first-order chi connectivity index (χ1) is 8.00. The molecule has 0 radical (unpaired) electrons. The third-order valence-electron chi connectivity index (χ3n) is 3.60. The average Bonchev–Trinajstić information content (AvgIpc) is 2.50. The van der Waals surface area contributed by atoms with Crippen molar-refractivity contribution in [2.24, 2.45) is 5.73 Å². The Labute approximate surface area is 106 Å². The minimum absolute atomic E-state index is 0.00166. The molecule has 1 aliphatic heterocycles. The van der Waals surface area contributed by atoms with Gasteiger partial charge in [-0.1, -0.05) is 25.4 Å². The Balaban J connectivity index is 2.28. The van der Waals surface area contributed by atoms with E-state index < -0.39 is 0 Å². The van der Waals surface area contributed by atoms with E-state index in [2.05, 4.69) is 13.8 Å². The monoisotopic (exact) mass is 253 g/mol. The number of rotatable bonds is 0. The Hall–Kier alpha value is -0.930. The van der Waals surface area contributed by atoms with Gasteiger partial charge >= 0.3 is 0 Å². The zero-order chi connectivity index (χ0) is 12.2. The summed E-state index contributed by atoms with van der Waals surface area (Å²) in [5.41, 5.74) is 8.38. The molecule has 0 spiro atoms. The van der Waals surface area contributed by atoms with Crippen LogP contribution in [-0.2, 0) is 5.41 Å². The van der Waals surface area contributed by atoms with Crippen molar-refractivity contribution in [3.05, 3.63) is 22.2 Å². The predicted octanol–water partition coefficient (Wildman–Crippen LogP) is 2.79. The van der Waals surface area contributed by atoms with Gasteiger partial charge < -0.3 is 15.2 Å². The highest BCUT2D eigenvalue weighted by molar-refractivity contribution is 6.32. The molecule has 3 rings (SSSR count). The molecule has 1 heterocycles. The molecule has 0 aromatic heterocycles. The number of nitrogens with two attached hydrogens (primary N) is 1. The van der Waals surface area contributed by atoms with E-state index >= 15 is 0 Å². The minimum atomic E-state index is -0.0193. The fourth-order valence-corrected chi connectivity index (χ4v) is 3.43. The molecular formula is C13H16ClNO2. The van der Waals surface area contributed by atoms with Crippen LogP contribution in [0.1, 0.15) is 37.4 Å². The molecule has 0 saturated carbocycles. The summed E-state index contributed by atoms with van der Waals surface area (Å²) in [6, 6.07) is 1.84. The smallest absolute Gasteiger partial charge is 0.166 e. The molecule has 0 fully saturated rings. The van der Waals surface area contributed by atoms with Crippen molar-refractivity contribution < 1.29 is 9.47 Å². The second-order valence-electron chi connectivity index (χ2n) is 5.37. The molecule has 0 amide bonds. The van der Waals surface area contributed by atoms with Gasteiger partial charge in [-0.15, -0.1) is 0 Å². The maximum Gasteiger partial charge on any atom is 0.166 e. The van der Waals surface area contributed by atoms with Gasteiger partial charge in [0.05, 0.1) is 0 Å². The van der Waals surface area contributed by atoms with Crippen LogP contribution >= 0.6 is 11.6 Å². The van der Waals surface area contributed by atoms with Crippen LogP contribution in [0.5, 0.6) is 11.5 Å². The number of halogens is 1. The highest BCUT2D eigenvalue weighted by atomic mass is 35.5. The number of benzene rings is 1. The molecule has 1 aromatic carbocycles. The van der Waals surface area contributed by atoms with Gasteiger partial charge in [0.1, 0.15) is 13.2 Å². The maximum atomic E-state index is 6.37. The van der Waals surface area contributed by atoms with Gasteiger partial charge in [0.15, 0.2) is 11.5 Å². The van der Waals surface area contributed by atoms with Crippen molar-refractivity contribution >= 4 is 11.6 Å². The van der Waals surface area contributed by atoms with E-state index in [9.17, 15) is 0 Å². The first kappa shape index (κ1) is 11.2. The molecular weight excluding hydrogens is 238 g/mol. The third kappa shape index (κ3) is 1.53. The maximum absolute atomic E-state index is 6.37. The molecule has 2 N–H and O–H groups in total. The molecule has 1 unspecified atom stereocenters. The van der Waals surface area contributed by atoms with Crippen LogP contribution in [0.15, 0.2) is 6.07 Å². The Morgan fingerprint density at radius 3 is 2.82 bits per heavy atom. The molecule has 1 aliphatic carbocycles. The largest absolute Gasteiger partial charge is 0.486 e. The van der Waals surface area contributed by atoms with Crippen LogP contribution in [0.4, 0.5) is 0 Å². The average molecular weight is 254 g/mol. The molecule has 0 bridgehead atoms. The Morgan fingerprint density at radius 1 is 1.35 bits per heavy atom. The summed E-state index contributed by atoms with van der Waals surface area (Å²) >= 11 is 6.37. The fraction of sp³-hybridized carbons (Fsp3) is 0.538. The van der Waals surface area contributed by atoms with Crippen LogP contribution in [0.2, 0.25) is 5.02 Å². The second-order valence-corrected chi connectivity index (χ2v) is 5.77. The van der Waals surface area contributed by atoms with Gasteiger partial charge in [-0.05, 0) is 17.4 Å². The van der Waals surface area contributed by atoms with E-state index in [1.165, 1.54) is 0 Å². The lowest BCUT2D eigenvalue weighted by atomic mass is 9.86. The summed E-state index contributed by atoms with van der Waals surface area (Å²) < 4.78 is 11.3. The number of ether oxygens (including phenoxy) is 2. The predicted molar refractivity (Wildman–Crippen MR) is 67.0 cm³/mol. The number of fused-ring (bicyclic) bond motifs is 3. The number of hydrogen-bond acceptors (Lipinski definition) is 3. The van der Waals surface area contributed by atoms with Crippen molar-refractivity contribution in [1.29, 1.82) is 0 Å². The van der Waals surface area contributed by atoms with Crippen molar-refractivity contribution in [2.75, 3.05) is 13.2 Å². The Kier molecular flexibility index (Phi) is 2.32. The van der Waals surface area contributed by atoms with E-state index in [1.54, 1.807) is 0 Å². The van der Waals surface area contributed by atoms with Gasteiger partial charge in [-0.3, -0.25) is 0 Å². The molecule has 92 valence electrons. The topological polar surface area (TPSA) is 44.5 Å². The third-order valence-corrected chi connectivity index (χ3v) is 3.90. The van der Waals surface area contributed by atoms with Gasteiger partial charge in [-0.2, -0.15) is 0 Å². The van der Waals surface area contributed by atoms with E-state index in [4.69, 9.17) is 26.8 Å². The first-order valence-electron chi connectivity index (χ1n) is 5.89. The van der Waals surface area contributed by atoms with Crippen molar-refractivity contribution in [3.8, 4) is 11.5 Å². The normalized spacial score (nSPS) is 24.6. The van der Waals surface area contributed by atoms with Crippen molar-refractivity contribution in [1.82, 2.24) is 0 Å². The molecule has 17 heavy (non-hydrogen) atoms. The Morgan fingerprint density at radius 2 is 2.06 bits per heavy atom. The van der Waals surface area contributed by atoms with E-state index in [0.717, 1.165) is 34.1 Å².